The minimum absolute atomic E-state index is 0.00198. The lowest BCUT2D eigenvalue weighted by Gasteiger charge is -2.29. The second kappa shape index (κ2) is 10.2. The molecule has 0 bridgehead atoms. The van der Waals surface area contributed by atoms with Crippen LogP contribution in [0, 0.1) is 5.92 Å². The summed E-state index contributed by atoms with van der Waals surface area (Å²) >= 11 is 0. The number of carbonyl (C=O) groups is 1. The molecule has 1 N–H and O–H groups in total. The number of nitrogens with one attached hydrogen (secondary N) is 1. The molecule has 0 aliphatic heterocycles. The highest BCUT2D eigenvalue weighted by Crippen LogP contribution is 2.25. The maximum Gasteiger partial charge on any atom is 0.308 e. The zero-order chi connectivity index (χ0) is 14.8. The first-order chi connectivity index (χ1) is 9.71. The van der Waals surface area contributed by atoms with Crippen LogP contribution in [0.2, 0.25) is 0 Å². The first-order valence-corrected chi connectivity index (χ1v) is 8.33. The third kappa shape index (κ3) is 6.23. The summed E-state index contributed by atoms with van der Waals surface area (Å²) in [5.74, 6) is 0.117. The van der Waals surface area contributed by atoms with Crippen molar-refractivity contribution in [2.24, 2.45) is 5.92 Å². The molecule has 1 aliphatic rings. The van der Waals surface area contributed by atoms with Crippen molar-refractivity contribution in [1.29, 1.82) is 0 Å². The minimum atomic E-state index is 0.00198. The van der Waals surface area contributed by atoms with Gasteiger partial charge in [0, 0.05) is 6.04 Å². The highest BCUT2D eigenvalue weighted by atomic mass is 16.5. The molecule has 0 aromatic heterocycles. The molecular weight excluding hydrogens is 252 g/mol. The summed E-state index contributed by atoms with van der Waals surface area (Å²) in [6, 6.07) is 0.495. The molecule has 4 heteroatoms. The van der Waals surface area contributed by atoms with E-state index in [0.717, 1.165) is 45.4 Å². The molecule has 118 valence electrons. The molecule has 0 saturated heterocycles. The lowest BCUT2D eigenvalue weighted by molar-refractivity contribution is -0.149. The van der Waals surface area contributed by atoms with Crippen LogP contribution >= 0.6 is 0 Å². The van der Waals surface area contributed by atoms with E-state index in [4.69, 9.17) is 4.74 Å². The smallest absolute Gasteiger partial charge is 0.308 e. The maximum atomic E-state index is 11.8. The van der Waals surface area contributed by atoms with E-state index < -0.39 is 0 Å². The molecule has 0 heterocycles. The topological polar surface area (TPSA) is 41.6 Å². The van der Waals surface area contributed by atoms with Gasteiger partial charge in [0.15, 0.2) is 0 Å². The molecule has 0 radical (unpaired) electrons. The number of ether oxygens (including phenoxy) is 1. The van der Waals surface area contributed by atoms with E-state index in [1.165, 1.54) is 12.8 Å². The standard InChI is InChI=1S/C16H32N2O2/c1-4-18(5-2)12-8-11-17-15-10-7-9-14(13-15)16(19)20-6-3/h14-15,17H,4-13H2,1-3H3. The predicted octanol–water partition coefficient (Wildman–Crippen LogP) is 2.43. The second-order valence-electron chi connectivity index (χ2n) is 5.65. The van der Waals surface area contributed by atoms with Gasteiger partial charge in [-0.2, -0.15) is 0 Å². The minimum Gasteiger partial charge on any atom is -0.466 e. The number of nitrogens with zero attached hydrogens (tertiary/aromatic N) is 1. The zero-order valence-electron chi connectivity index (χ0n) is 13.5. The van der Waals surface area contributed by atoms with Gasteiger partial charge in [-0.25, -0.2) is 0 Å². The average molecular weight is 284 g/mol. The van der Waals surface area contributed by atoms with Gasteiger partial charge in [0.1, 0.15) is 0 Å². The third-order valence-corrected chi connectivity index (χ3v) is 4.27. The van der Waals surface area contributed by atoms with Crippen LogP contribution in [0.5, 0.6) is 0 Å². The Balaban J connectivity index is 2.18. The average Bonchev–Trinajstić information content (AvgIpc) is 2.48. The monoisotopic (exact) mass is 284 g/mol. The largest absolute Gasteiger partial charge is 0.466 e. The van der Waals surface area contributed by atoms with Gasteiger partial charge in [0.25, 0.3) is 0 Å². The summed E-state index contributed by atoms with van der Waals surface area (Å²) in [6.45, 7) is 11.3. The van der Waals surface area contributed by atoms with Crippen molar-refractivity contribution in [1.82, 2.24) is 10.2 Å². The van der Waals surface area contributed by atoms with Crippen LogP contribution in [0.25, 0.3) is 0 Å². The fourth-order valence-corrected chi connectivity index (χ4v) is 3.00. The molecule has 2 atom stereocenters. The lowest BCUT2D eigenvalue weighted by atomic mass is 9.85. The van der Waals surface area contributed by atoms with Crippen molar-refractivity contribution in [3.05, 3.63) is 0 Å². The first kappa shape index (κ1) is 17.4. The normalized spacial score (nSPS) is 23.0. The summed E-state index contributed by atoms with van der Waals surface area (Å²) in [5.41, 5.74) is 0. The van der Waals surface area contributed by atoms with Gasteiger partial charge in [0.05, 0.1) is 12.5 Å². The lowest BCUT2D eigenvalue weighted by Crippen LogP contribution is -2.38. The Kier molecular flexibility index (Phi) is 8.86. The maximum absolute atomic E-state index is 11.8. The van der Waals surface area contributed by atoms with E-state index in [-0.39, 0.29) is 11.9 Å². The van der Waals surface area contributed by atoms with Crippen LogP contribution in [-0.2, 0) is 9.53 Å². The highest BCUT2D eigenvalue weighted by Gasteiger charge is 2.27. The van der Waals surface area contributed by atoms with Gasteiger partial charge in [-0.3, -0.25) is 4.79 Å². The highest BCUT2D eigenvalue weighted by molar-refractivity contribution is 5.72. The molecule has 2 unspecified atom stereocenters. The van der Waals surface area contributed by atoms with E-state index in [9.17, 15) is 4.79 Å². The molecule has 0 amide bonds. The Hall–Kier alpha value is -0.610. The molecular formula is C16H32N2O2. The van der Waals surface area contributed by atoms with Crippen LogP contribution < -0.4 is 5.32 Å². The van der Waals surface area contributed by atoms with E-state index in [1.807, 2.05) is 6.92 Å². The van der Waals surface area contributed by atoms with Gasteiger partial charge in [0.2, 0.25) is 0 Å². The van der Waals surface area contributed by atoms with E-state index >= 15 is 0 Å². The summed E-state index contributed by atoms with van der Waals surface area (Å²) in [6.07, 6.45) is 5.46. The van der Waals surface area contributed by atoms with Crippen molar-refractivity contribution in [3.8, 4) is 0 Å². The number of esters is 1. The van der Waals surface area contributed by atoms with Crippen molar-refractivity contribution in [2.75, 3.05) is 32.8 Å². The molecule has 0 aromatic rings. The molecule has 0 aromatic carbocycles. The van der Waals surface area contributed by atoms with E-state index in [1.54, 1.807) is 0 Å². The van der Waals surface area contributed by atoms with Gasteiger partial charge in [-0.1, -0.05) is 20.3 Å². The zero-order valence-corrected chi connectivity index (χ0v) is 13.5. The number of hydrogen-bond acceptors (Lipinski definition) is 4. The van der Waals surface area contributed by atoms with Gasteiger partial charge in [-0.05, 0) is 58.8 Å². The van der Waals surface area contributed by atoms with Crippen LogP contribution in [0.3, 0.4) is 0 Å². The predicted molar refractivity (Wildman–Crippen MR) is 82.8 cm³/mol. The Morgan fingerprint density at radius 3 is 2.65 bits per heavy atom. The van der Waals surface area contributed by atoms with Crippen molar-refractivity contribution >= 4 is 5.97 Å². The van der Waals surface area contributed by atoms with E-state index in [0.29, 0.717) is 12.6 Å². The first-order valence-electron chi connectivity index (χ1n) is 8.33. The Labute approximate surface area is 124 Å². The SMILES string of the molecule is CCOC(=O)C1CCCC(NCCCN(CC)CC)C1. The number of carbonyl (C=O) groups excluding carboxylic acids is 1. The summed E-state index contributed by atoms with van der Waals surface area (Å²) in [5, 5.41) is 3.62. The molecule has 1 aliphatic carbocycles. The van der Waals surface area contributed by atoms with Crippen LogP contribution in [0.15, 0.2) is 0 Å². The molecule has 0 spiro atoms. The number of rotatable bonds is 9. The van der Waals surface area contributed by atoms with Crippen molar-refractivity contribution in [2.45, 2.75) is 58.9 Å². The summed E-state index contributed by atoms with van der Waals surface area (Å²) in [7, 11) is 0. The molecule has 1 saturated carbocycles. The quantitative estimate of drug-likeness (QED) is 0.521. The fraction of sp³-hybridized carbons (Fsp3) is 0.938. The number of hydrogen-bond donors (Lipinski definition) is 1. The van der Waals surface area contributed by atoms with Crippen molar-refractivity contribution < 1.29 is 9.53 Å². The van der Waals surface area contributed by atoms with Gasteiger partial charge < -0.3 is 15.0 Å². The Morgan fingerprint density at radius 2 is 2.00 bits per heavy atom. The fourth-order valence-electron chi connectivity index (χ4n) is 3.00. The molecule has 1 fully saturated rings. The third-order valence-electron chi connectivity index (χ3n) is 4.27. The van der Waals surface area contributed by atoms with Crippen LogP contribution in [-0.4, -0.2) is 49.7 Å². The van der Waals surface area contributed by atoms with Crippen molar-refractivity contribution in [3.63, 3.8) is 0 Å². The second-order valence-corrected chi connectivity index (χ2v) is 5.65. The van der Waals surface area contributed by atoms with Crippen LogP contribution in [0.1, 0.15) is 52.9 Å². The van der Waals surface area contributed by atoms with Crippen LogP contribution in [0.4, 0.5) is 0 Å². The van der Waals surface area contributed by atoms with Gasteiger partial charge in [-0.15, -0.1) is 0 Å². The molecule has 20 heavy (non-hydrogen) atoms. The molecule has 1 rings (SSSR count). The van der Waals surface area contributed by atoms with E-state index in [2.05, 4.69) is 24.1 Å². The summed E-state index contributed by atoms with van der Waals surface area (Å²) < 4.78 is 5.14. The Bertz CT molecular complexity index is 267. The Morgan fingerprint density at radius 1 is 1.25 bits per heavy atom. The summed E-state index contributed by atoms with van der Waals surface area (Å²) in [4.78, 5) is 14.2. The van der Waals surface area contributed by atoms with Gasteiger partial charge >= 0.3 is 5.97 Å². The molecule has 4 nitrogen and oxygen atoms in total.